The molecule has 1 aromatic heterocycles. The van der Waals surface area contributed by atoms with E-state index in [2.05, 4.69) is 5.32 Å². The van der Waals surface area contributed by atoms with Crippen LogP contribution in [0.15, 0.2) is 48.7 Å². The van der Waals surface area contributed by atoms with E-state index >= 15 is 0 Å². The molecule has 0 saturated heterocycles. The Bertz CT molecular complexity index is 991. The second-order valence-corrected chi connectivity index (χ2v) is 6.17. The average molecular weight is 366 g/mol. The van der Waals surface area contributed by atoms with Gasteiger partial charge in [-0.2, -0.15) is 0 Å². The van der Waals surface area contributed by atoms with Crippen molar-refractivity contribution in [2.45, 2.75) is 13.3 Å². The van der Waals surface area contributed by atoms with Crippen LogP contribution < -0.4 is 14.8 Å². The fourth-order valence-electron chi connectivity index (χ4n) is 3.02. The van der Waals surface area contributed by atoms with E-state index in [0.29, 0.717) is 35.2 Å². The minimum atomic E-state index is -0.226. The Morgan fingerprint density at radius 1 is 1.04 bits per heavy atom. The van der Waals surface area contributed by atoms with Gasteiger partial charge in [-0.15, -0.1) is 0 Å². The van der Waals surface area contributed by atoms with Crippen LogP contribution in [0.2, 0.25) is 0 Å². The molecule has 0 aliphatic heterocycles. The molecule has 0 atom stereocenters. The number of carbonyl (C=O) groups is 2. The number of hydrogen-bond acceptors (Lipinski definition) is 4. The normalized spacial score (nSPS) is 10.6. The summed E-state index contributed by atoms with van der Waals surface area (Å²) in [6.07, 6.45) is 2.25. The van der Waals surface area contributed by atoms with Crippen molar-refractivity contribution in [3.8, 4) is 11.5 Å². The van der Waals surface area contributed by atoms with Crippen LogP contribution in [0.25, 0.3) is 10.9 Å². The number of benzene rings is 2. The van der Waals surface area contributed by atoms with E-state index in [9.17, 15) is 9.59 Å². The van der Waals surface area contributed by atoms with Gasteiger partial charge in [0.2, 0.25) is 5.91 Å². The number of hydrogen-bond donors (Lipinski definition) is 1. The number of methoxy groups -OCH3 is 2. The van der Waals surface area contributed by atoms with Crippen molar-refractivity contribution in [1.82, 2.24) is 9.88 Å². The maximum Gasteiger partial charge on any atom is 0.253 e. The zero-order valence-electron chi connectivity index (χ0n) is 15.6. The number of fused-ring (bicyclic) bond motifs is 1. The SMILES string of the molecule is COc1cccc(CCNC(=O)c2cn(C(C)=O)c3ccc(OC)cc23)c1. The van der Waals surface area contributed by atoms with Crippen molar-refractivity contribution >= 4 is 22.7 Å². The quantitative estimate of drug-likeness (QED) is 0.727. The lowest BCUT2D eigenvalue weighted by Crippen LogP contribution is -2.25. The second-order valence-electron chi connectivity index (χ2n) is 6.17. The standard InChI is InChI=1S/C21H22N2O4/c1-14(24)23-13-19(18-12-17(27-3)7-8-20(18)23)21(25)22-10-9-15-5-4-6-16(11-15)26-2/h4-8,11-13H,9-10H2,1-3H3,(H,22,25). The van der Waals surface area contributed by atoms with Crippen LogP contribution in [0.1, 0.15) is 27.6 Å². The first-order valence-electron chi connectivity index (χ1n) is 8.64. The number of rotatable bonds is 6. The fourth-order valence-corrected chi connectivity index (χ4v) is 3.02. The molecule has 0 saturated carbocycles. The Labute approximate surface area is 157 Å². The van der Waals surface area contributed by atoms with Gasteiger partial charge in [0.05, 0.1) is 25.3 Å². The molecule has 1 N–H and O–H groups in total. The van der Waals surface area contributed by atoms with Crippen molar-refractivity contribution in [3.05, 3.63) is 59.8 Å². The highest BCUT2D eigenvalue weighted by molar-refractivity contribution is 6.09. The van der Waals surface area contributed by atoms with E-state index in [4.69, 9.17) is 9.47 Å². The van der Waals surface area contributed by atoms with E-state index in [-0.39, 0.29) is 11.8 Å². The Morgan fingerprint density at radius 2 is 1.78 bits per heavy atom. The van der Waals surface area contributed by atoms with E-state index in [1.807, 2.05) is 24.3 Å². The third-order valence-electron chi connectivity index (χ3n) is 4.43. The molecule has 0 radical (unpaired) electrons. The molecule has 0 unspecified atom stereocenters. The predicted molar refractivity (Wildman–Crippen MR) is 104 cm³/mol. The highest BCUT2D eigenvalue weighted by Crippen LogP contribution is 2.26. The lowest BCUT2D eigenvalue weighted by Gasteiger charge is -2.07. The van der Waals surface area contributed by atoms with Gasteiger partial charge in [0.1, 0.15) is 11.5 Å². The fraction of sp³-hybridized carbons (Fsp3) is 0.238. The van der Waals surface area contributed by atoms with Gasteiger partial charge in [0.15, 0.2) is 0 Å². The summed E-state index contributed by atoms with van der Waals surface area (Å²) in [5.74, 6) is 1.04. The topological polar surface area (TPSA) is 69.6 Å². The molecule has 1 heterocycles. The molecule has 27 heavy (non-hydrogen) atoms. The van der Waals surface area contributed by atoms with Gasteiger partial charge in [-0.1, -0.05) is 12.1 Å². The van der Waals surface area contributed by atoms with Gasteiger partial charge in [0, 0.05) is 25.1 Å². The lowest BCUT2D eigenvalue weighted by atomic mass is 10.1. The number of ether oxygens (including phenoxy) is 2. The molecule has 0 aliphatic rings. The molecular formula is C21H22N2O4. The van der Waals surface area contributed by atoms with Gasteiger partial charge in [-0.3, -0.25) is 14.2 Å². The maximum absolute atomic E-state index is 12.7. The van der Waals surface area contributed by atoms with E-state index in [0.717, 1.165) is 11.3 Å². The molecule has 2 aromatic carbocycles. The molecule has 3 rings (SSSR count). The van der Waals surface area contributed by atoms with Crippen molar-refractivity contribution in [1.29, 1.82) is 0 Å². The zero-order valence-corrected chi connectivity index (χ0v) is 15.6. The average Bonchev–Trinajstić information content (AvgIpc) is 3.07. The second kappa shape index (κ2) is 7.95. The largest absolute Gasteiger partial charge is 0.497 e. The maximum atomic E-state index is 12.7. The summed E-state index contributed by atoms with van der Waals surface area (Å²) in [4.78, 5) is 24.6. The van der Waals surface area contributed by atoms with Gasteiger partial charge in [0.25, 0.3) is 5.91 Å². The summed E-state index contributed by atoms with van der Waals surface area (Å²) in [7, 11) is 3.19. The Hall–Kier alpha value is -3.28. The first-order valence-corrected chi connectivity index (χ1v) is 8.64. The summed E-state index contributed by atoms with van der Waals surface area (Å²) < 4.78 is 11.9. The minimum absolute atomic E-state index is 0.152. The first kappa shape index (κ1) is 18.5. The van der Waals surface area contributed by atoms with Crippen LogP contribution >= 0.6 is 0 Å². The van der Waals surface area contributed by atoms with Gasteiger partial charge < -0.3 is 14.8 Å². The summed E-state index contributed by atoms with van der Waals surface area (Å²) in [6.45, 7) is 1.94. The number of carbonyl (C=O) groups excluding carboxylic acids is 2. The zero-order chi connectivity index (χ0) is 19.4. The van der Waals surface area contributed by atoms with Crippen molar-refractivity contribution in [2.24, 2.45) is 0 Å². The van der Waals surface area contributed by atoms with Crippen molar-refractivity contribution in [2.75, 3.05) is 20.8 Å². The van der Waals surface area contributed by atoms with Crippen LogP contribution in [0, 0.1) is 0 Å². The predicted octanol–water partition coefficient (Wildman–Crippen LogP) is 3.29. The smallest absolute Gasteiger partial charge is 0.253 e. The van der Waals surface area contributed by atoms with E-state index < -0.39 is 0 Å². The van der Waals surface area contributed by atoms with Crippen LogP contribution in [0.3, 0.4) is 0 Å². The van der Waals surface area contributed by atoms with E-state index in [1.165, 1.54) is 11.5 Å². The van der Waals surface area contributed by atoms with Crippen molar-refractivity contribution in [3.63, 3.8) is 0 Å². The van der Waals surface area contributed by atoms with E-state index in [1.54, 1.807) is 38.6 Å². The van der Waals surface area contributed by atoms with Crippen LogP contribution in [-0.4, -0.2) is 37.1 Å². The highest BCUT2D eigenvalue weighted by Gasteiger charge is 2.17. The third kappa shape index (κ3) is 3.95. The molecule has 6 nitrogen and oxygen atoms in total. The number of nitrogens with one attached hydrogen (secondary N) is 1. The number of aromatic nitrogens is 1. The molecule has 1 amide bonds. The Balaban J connectivity index is 1.79. The Kier molecular flexibility index (Phi) is 5.45. The molecule has 0 spiro atoms. The van der Waals surface area contributed by atoms with Crippen LogP contribution in [0.5, 0.6) is 11.5 Å². The summed E-state index contributed by atoms with van der Waals surface area (Å²) >= 11 is 0. The summed E-state index contributed by atoms with van der Waals surface area (Å²) in [5, 5.41) is 3.61. The van der Waals surface area contributed by atoms with Gasteiger partial charge in [-0.05, 0) is 42.3 Å². The lowest BCUT2D eigenvalue weighted by molar-refractivity contribution is 0.0941. The molecule has 0 aliphatic carbocycles. The number of nitrogens with zero attached hydrogens (tertiary/aromatic N) is 1. The van der Waals surface area contributed by atoms with Crippen LogP contribution in [-0.2, 0) is 6.42 Å². The molecule has 6 heteroatoms. The third-order valence-corrected chi connectivity index (χ3v) is 4.43. The number of amides is 1. The monoisotopic (exact) mass is 366 g/mol. The molecule has 140 valence electrons. The van der Waals surface area contributed by atoms with Crippen molar-refractivity contribution < 1.29 is 19.1 Å². The van der Waals surface area contributed by atoms with Gasteiger partial charge >= 0.3 is 0 Å². The molecular weight excluding hydrogens is 344 g/mol. The molecule has 0 bridgehead atoms. The molecule has 0 fully saturated rings. The van der Waals surface area contributed by atoms with Gasteiger partial charge in [-0.25, -0.2) is 0 Å². The molecule has 3 aromatic rings. The summed E-state index contributed by atoms with van der Waals surface area (Å²) in [6, 6.07) is 13.1. The minimum Gasteiger partial charge on any atom is -0.497 e. The first-order chi connectivity index (χ1) is 13.0. The highest BCUT2D eigenvalue weighted by atomic mass is 16.5. The van der Waals surface area contributed by atoms with Crippen LogP contribution in [0.4, 0.5) is 0 Å². The summed E-state index contributed by atoms with van der Waals surface area (Å²) in [5.41, 5.74) is 2.20. The Morgan fingerprint density at radius 3 is 2.48 bits per heavy atom.